The molecule has 0 spiro atoms. The van der Waals surface area contributed by atoms with Crippen LogP contribution in [-0.2, 0) is 10.3 Å². The third-order valence-electron chi connectivity index (χ3n) is 4.61. The minimum atomic E-state index is -1.32. The van der Waals surface area contributed by atoms with Gasteiger partial charge in [-0.3, -0.25) is 4.79 Å². The topological polar surface area (TPSA) is 61.8 Å². The standard InChI is InChI=1S/C22H16ClN3O2/c23-19-13-11-16(12-14-19)15-24-26-20(27)22(25-21(26)28,17-7-3-1-4-8-17)18-9-5-2-6-10-18/h1-15H,(H,25,28). The van der Waals surface area contributed by atoms with Gasteiger partial charge >= 0.3 is 6.03 Å². The van der Waals surface area contributed by atoms with E-state index >= 15 is 0 Å². The molecule has 1 N–H and O–H groups in total. The van der Waals surface area contributed by atoms with Crippen LogP contribution in [0.5, 0.6) is 0 Å². The van der Waals surface area contributed by atoms with Gasteiger partial charge < -0.3 is 5.32 Å². The van der Waals surface area contributed by atoms with Crippen molar-refractivity contribution in [3.63, 3.8) is 0 Å². The van der Waals surface area contributed by atoms with Crippen molar-refractivity contribution >= 4 is 29.8 Å². The Hall–Kier alpha value is -3.44. The molecule has 3 amide bonds. The molecule has 0 atom stereocenters. The van der Waals surface area contributed by atoms with Crippen molar-refractivity contribution in [1.29, 1.82) is 0 Å². The highest BCUT2D eigenvalue weighted by Crippen LogP contribution is 2.36. The highest BCUT2D eigenvalue weighted by Gasteiger charge is 2.54. The van der Waals surface area contributed by atoms with Crippen LogP contribution < -0.4 is 5.32 Å². The number of hydrogen-bond donors (Lipinski definition) is 1. The van der Waals surface area contributed by atoms with Crippen molar-refractivity contribution in [1.82, 2.24) is 10.3 Å². The molecule has 0 radical (unpaired) electrons. The fourth-order valence-corrected chi connectivity index (χ4v) is 3.36. The van der Waals surface area contributed by atoms with Crippen LogP contribution in [0.4, 0.5) is 4.79 Å². The summed E-state index contributed by atoms with van der Waals surface area (Å²) in [6.07, 6.45) is 1.46. The maximum Gasteiger partial charge on any atom is 0.346 e. The van der Waals surface area contributed by atoms with Crippen LogP contribution in [0.25, 0.3) is 0 Å². The van der Waals surface area contributed by atoms with Gasteiger partial charge in [0.15, 0.2) is 5.54 Å². The van der Waals surface area contributed by atoms with E-state index < -0.39 is 17.5 Å². The van der Waals surface area contributed by atoms with Gasteiger partial charge in [0, 0.05) is 5.02 Å². The van der Waals surface area contributed by atoms with Gasteiger partial charge in [0.25, 0.3) is 5.91 Å². The van der Waals surface area contributed by atoms with E-state index in [9.17, 15) is 9.59 Å². The third-order valence-corrected chi connectivity index (χ3v) is 4.86. The average molecular weight is 390 g/mol. The molecular formula is C22H16ClN3O2. The summed E-state index contributed by atoms with van der Waals surface area (Å²) in [4.78, 5) is 26.1. The second-order valence-electron chi connectivity index (χ2n) is 6.33. The number of rotatable bonds is 4. The Labute approximate surface area is 167 Å². The number of halogens is 1. The molecule has 5 nitrogen and oxygen atoms in total. The lowest BCUT2D eigenvalue weighted by Gasteiger charge is -2.27. The zero-order valence-electron chi connectivity index (χ0n) is 14.7. The van der Waals surface area contributed by atoms with Gasteiger partial charge in [-0.2, -0.15) is 5.10 Å². The number of carbonyl (C=O) groups is 2. The Balaban J connectivity index is 1.76. The lowest BCUT2D eigenvalue weighted by Crippen LogP contribution is -2.44. The fraction of sp³-hybridized carbons (Fsp3) is 0.0455. The first-order chi connectivity index (χ1) is 13.6. The van der Waals surface area contributed by atoms with Crippen LogP contribution in [0.15, 0.2) is 90.0 Å². The van der Waals surface area contributed by atoms with Crippen LogP contribution in [0.3, 0.4) is 0 Å². The molecule has 1 aliphatic rings. The van der Waals surface area contributed by atoms with E-state index in [0.717, 1.165) is 10.6 Å². The maximum atomic E-state index is 13.4. The number of carbonyl (C=O) groups excluding carboxylic acids is 2. The molecule has 3 aromatic carbocycles. The molecule has 4 rings (SSSR count). The summed E-state index contributed by atoms with van der Waals surface area (Å²) in [6, 6.07) is 24.7. The number of benzene rings is 3. The lowest BCUT2D eigenvalue weighted by atomic mass is 9.83. The molecule has 0 saturated carbocycles. The van der Waals surface area contributed by atoms with E-state index in [1.807, 2.05) is 60.7 Å². The number of hydrazone groups is 1. The first-order valence-electron chi connectivity index (χ1n) is 8.68. The first-order valence-corrected chi connectivity index (χ1v) is 9.06. The molecule has 0 aromatic heterocycles. The summed E-state index contributed by atoms with van der Waals surface area (Å²) in [7, 11) is 0. The van der Waals surface area contributed by atoms with E-state index in [1.165, 1.54) is 6.21 Å². The predicted octanol–water partition coefficient (Wildman–Crippen LogP) is 4.17. The van der Waals surface area contributed by atoms with Gasteiger partial charge in [0.1, 0.15) is 0 Å². The minimum absolute atomic E-state index is 0.458. The van der Waals surface area contributed by atoms with Crippen molar-refractivity contribution in [2.45, 2.75) is 5.54 Å². The molecule has 1 heterocycles. The minimum Gasteiger partial charge on any atom is -0.314 e. The van der Waals surface area contributed by atoms with Gasteiger partial charge in [0.05, 0.1) is 6.21 Å². The van der Waals surface area contributed by atoms with Crippen LogP contribution in [0.2, 0.25) is 5.02 Å². The third kappa shape index (κ3) is 3.06. The number of amides is 3. The van der Waals surface area contributed by atoms with Gasteiger partial charge in [0.2, 0.25) is 0 Å². The Bertz CT molecular complexity index is 995. The van der Waals surface area contributed by atoms with Crippen molar-refractivity contribution < 1.29 is 9.59 Å². The van der Waals surface area contributed by atoms with E-state index in [1.54, 1.807) is 24.3 Å². The largest absolute Gasteiger partial charge is 0.346 e. The molecule has 28 heavy (non-hydrogen) atoms. The zero-order valence-corrected chi connectivity index (χ0v) is 15.5. The second kappa shape index (κ2) is 7.29. The quantitative estimate of drug-likeness (QED) is 0.537. The highest BCUT2D eigenvalue weighted by molar-refractivity contribution is 6.30. The van der Waals surface area contributed by atoms with Gasteiger partial charge in [-0.25, -0.2) is 4.79 Å². The summed E-state index contributed by atoms with van der Waals surface area (Å²) < 4.78 is 0. The van der Waals surface area contributed by atoms with Crippen LogP contribution >= 0.6 is 11.6 Å². The SMILES string of the molecule is O=C1NC(c2ccccc2)(c2ccccc2)C(=O)N1N=Cc1ccc(Cl)cc1. The Morgan fingerprint density at radius 2 is 1.36 bits per heavy atom. The Kier molecular flexibility index (Phi) is 4.67. The normalized spacial score (nSPS) is 15.8. The van der Waals surface area contributed by atoms with Gasteiger partial charge in [-0.05, 0) is 28.8 Å². The lowest BCUT2D eigenvalue weighted by molar-refractivity contribution is -0.130. The zero-order chi connectivity index (χ0) is 19.6. The summed E-state index contributed by atoms with van der Waals surface area (Å²) in [6.45, 7) is 0. The van der Waals surface area contributed by atoms with Gasteiger partial charge in [-0.1, -0.05) is 84.4 Å². The molecule has 3 aromatic rings. The van der Waals surface area contributed by atoms with Crippen molar-refractivity contribution in [2.75, 3.05) is 0 Å². The summed E-state index contributed by atoms with van der Waals surface area (Å²) >= 11 is 5.89. The van der Waals surface area contributed by atoms with Gasteiger partial charge in [-0.15, -0.1) is 5.01 Å². The number of urea groups is 1. The number of hydrogen-bond acceptors (Lipinski definition) is 3. The Morgan fingerprint density at radius 1 is 0.821 bits per heavy atom. The second-order valence-corrected chi connectivity index (χ2v) is 6.76. The molecule has 1 saturated heterocycles. The van der Waals surface area contributed by atoms with Crippen LogP contribution in [-0.4, -0.2) is 23.2 Å². The van der Waals surface area contributed by atoms with E-state index in [-0.39, 0.29) is 0 Å². The molecular weight excluding hydrogens is 374 g/mol. The predicted molar refractivity (Wildman–Crippen MR) is 108 cm³/mol. The molecule has 138 valence electrons. The monoisotopic (exact) mass is 389 g/mol. The summed E-state index contributed by atoms with van der Waals surface area (Å²) in [5, 5.41) is 8.45. The van der Waals surface area contributed by atoms with E-state index in [4.69, 9.17) is 11.6 Å². The number of nitrogens with one attached hydrogen (secondary N) is 1. The highest BCUT2D eigenvalue weighted by atomic mass is 35.5. The molecule has 0 bridgehead atoms. The number of imide groups is 1. The summed E-state index contributed by atoms with van der Waals surface area (Å²) in [5.74, 6) is -0.458. The molecule has 0 aliphatic carbocycles. The van der Waals surface area contributed by atoms with E-state index in [2.05, 4.69) is 10.4 Å². The fourth-order valence-electron chi connectivity index (χ4n) is 3.23. The molecule has 6 heteroatoms. The average Bonchev–Trinajstić information content (AvgIpc) is 3.00. The van der Waals surface area contributed by atoms with Crippen LogP contribution in [0, 0.1) is 0 Å². The van der Waals surface area contributed by atoms with Crippen molar-refractivity contribution in [2.24, 2.45) is 5.10 Å². The van der Waals surface area contributed by atoms with Crippen LogP contribution in [0.1, 0.15) is 16.7 Å². The van der Waals surface area contributed by atoms with Crippen molar-refractivity contribution in [3.05, 3.63) is 107 Å². The molecule has 1 aliphatic heterocycles. The molecule has 1 fully saturated rings. The number of nitrogens with zero attached hydrogens (tertiary/aromatic N) is 2. The maximum absolute atomic E-state index is 13.4. The Morgan fingerprint density at radius 3 is 1.89 bits per heavy atom. The van der Waals surface area contributed by atoms with Crippen molar-refractivity contribution in [3.8, 4) is 0 Å². The first kappa shape index (κ1) is 17.9. The summed E-state index contributed by atoms with van der Waals surface area (Å²) in [5.41, 5.74) is 0.742. The van der Waals surface area contributed by atoms with E-state index in [0.29, 0.717) is 16.1 Å². The smallest absolute Gasteiger partial charge is 0.314 e. The molecule has 0 unspecified atom stereocenters.